The SMILES string of the molecule is Cc1cc(C(=O)N2CCCN(Cc3ccc(F)cc3)[C@@H](C(C)C)C2)n(C)n1. The second-order valence-electron chi connectivity index (χ2n) is 7.81. The maximum Gasteiger partial charge on any atom is 0.272 e. The van der Waals surface area contributed by atoms with Crippen LogP contribution in [0.4, 0.5) is 4.39 Å². The molecule has 0 N–H and O–H groups in total. The van der Waals surface area contributed by atoms with Gasteiger partial charge in [0.25, 0.3) is 5.91 Å². The van der Waals surface area contributed by atoms with Crippen LogP contribution in [0.25, 0.3) is 0 Å². The Morgan fingerprint density at radius 2 is 1.96 bits per heavy atom. The van der Waals surface area contributed by atoms with Crippen LogP contribution in [0.5, 0.6) is 0 Å². The molecular weight excluding hydrogens is 343 g/mol. The van der Waals surface area contributed by atoms with Crippen molar-refractivity contribution in [2.75, 3.05) is 19.6 Å². The van der Waals surface area contributed by atoms with Crippen molar-refractivity contribution in [3.05, 3.63) is 53.1 Å². The maximum absolute atomic E-state index is 13.2. The fourth-order valence-corrected chi connectivity index (χ4v) is 3.87. The molecule has 0 saturated carbocycles. The van der Waals surface area contributed by atoms with Gasteiger partial charge in [0.15, 0.2) is 0 Å². The molecule has 1 aromatic heterocycles. The van der Waals surface area contributed by atoms with E-state index in [1.54, 1.807) is 4.68 Å². The summed E-state index contributed by atoms with van der Waals surface area (Å²) in [7, 11) is 1.82. The normalized spacial score (nSPS) is 18.7. The number of halogens is 1. The van der Waals surface area contributed by atoms with E-state index in [4.69, 9.17) is 0 Å². The largest absolute Gasteiger partial charge is 0.336 e. The van der Waals surface area contributed by atoms with Gasteiger partial charge in [-0.2, -0.15) is 5.10 Å². The number of benzene rings is 1. The summed E-state index contributed by atoms with van der Waals surface area (Å²) in [6, 6.07) is 8.83. The van der Waals surface area contributed by atoms with Crippen molar-refractivity contribution in [1.29, 1.82) is 0 Å². The molecule has 0 aliphatic carbocycles. The molecule has 0 spiro atoms. The van der Waals surface area contributed by atoms with E-state index in [0.717, 1.165) is 37.3 Å². The monoisotopic (exact) mass is 372 g/mol. The van der Waals surface area contributed by atoms with Gasteiger partial charge in [0.2, 0.25) is 0 Å². The molecule has 1 fully saturated rings. The van der Waals surface area contributed by atoms with E-state index in [9.17, 15) is 9.18 Å². The van der Waals surface area contributed by atoms with Crippen molar-refractivity contribution in [1.82, 2.24) is 19.6 Å². The van der Waals surface area contributed by atoms with Crippen molar-refractivity contribution in [3.63, 3.8) is 0 Å². The third-order valence-electron chi connectivity index (χ3n) is 5.33. The third kappa shape index (κ3) is 4.56. The Morgan fingerprint density at radius 1 is 1.26 bits per heavy atom. The van der Waals surface area contributed by atoms with Crippen LogP contribution in [0.15, 0.2) is 30.3 Å². The highest BCUT2D eigenvalue weighted by Crippen LogP contribution is 2.21. The smallest absolute Gasteiger partial charge is 0.272 e. The minimum absolute atomic E-state index is 0.0485. The molecule has 27 heavy (non-hydrogen) atoms. The number of amides is 1. The molecule has 1 aromatic carbocycles. The Bertz CT molecular complexity index is 784. The summed E-state index contributed by atoms with van der Waals surface area (Å²) in [4.78, 5) is 17.5. The Morgan fingerprint density at radius 3 is 2.56 bits per heavy atom. The molecule has 6 heteroatoms. The first-order valence-corrected chi connectivity index (χ1v) is 9.63. The first-order valence-electron chi connectivity index (χ1n) is 9.63. The molecule has 5 nitrogen and oxygen atoms in total. The van der Waals surface area contributed by atoms with Crippen molar-refractivity contribution >= 4 is 5.91 Å². The Hall–Kier alpha value is -2.21. The number of carbonyl (C=O) groups excluding carboxylic acids is 1. The van der Waals surface area contributed by atoms with Gasteiger partial charge in [0.1, 0.15) is 11.5 Å². The van der Waals surface area contributed by atoms with E-state index < -0.39 is 0 Å². The predicted molar refractivity (Wildman–Crippen MR) is 104 cm³/mol. The first-order chi connectivity index (χ1) is 12.8. The second-order valence-corrected chi connectivity index (χ2v) is 7.81. The van der Waals surface area contributed by atoms with Crippen LogP contribution in [-0.4, -0.2) is 51.2 Å². The standard InChI is InChI=1S/C21H29FN4O/c1-15(2)20-14-26(21(27)19-12-16(3)23-24(19)4)11-5-10-25(20)13-17-6-8-18(22)9-7-17/h6-9,12,15,20H,5,10-11,13-14H2,1-4H3/t20-/m1/s1. The average Bonchev–Trinajstić information content (AvgIpc) is 2.83. The lowest BCUT2D eigenvalue weighted by atomic mass is 10.0. The number of nitrogens with zero attached hydrogens (tertiary/aromatic N) is 4. The highest BCUT2D eigenvalue weighted by atomic mass is 19.1. The summed E-state index contributed by atoms with van der Waals surface area (Å²) in [6.45, 7) is 9.44. The van der Waals surface area contributed by atoms with E-state index in [0.29, 0.717) is 18.2 Å². The zero-order chi connectivity index (χ0) is 19.6. The van der Waals surface area contributed by atoms with Crippen molar-refractivity contribution in [3.8, 4) is 0 Å². The lowest BCUT2D eigenvalue weighted by Gasteiger charge is -2.34. The van der Waals surface area contributed by atoms with Gasteiger partial charge in [-0.25, -0.2) is 4.39 Å². The molecule has 1 aliphatic rings. The molecule has 2 heterocycles. The molecule has 2 aromatic rings. The van der Waals surface area contributed by atoms with Gasteiger partial charge < -0.3 is 4.90 Å². The van der Waals surface area contributed by atoms with Crippen LogP contribution in [0, 0.1) is 18.7 Å². The van der Waals surface area contributed by atoms with E-state index in [-0.39, 0.29) is 17.8 Å². The maximum atomic E-state index is 13.2. The van der Waals surface area contributed by atoms with Crippen LogP contribution in [0.2, 0.25) is 0 Å². The number of aryl methyl sites for hydroxylation is 2. The van der Waals surface area contributed by atoms with Gasteiger partial charge in [-0.1, -0.05) is 26.0 Å². The number of hydrogen-bond acceptors (Lipinski definition) is 3. The van der Waals surface area contributed by atoms with Crippen LogP contribution >= 0.6 is 0 Å². The molecule has 0 bridgehead atoms. The van der Waals surface area contributed by atoms with E-state index in [1.165, 1.54) is 12.1 Å². The number of rotatable bonds is 4. The van der Waals surface area contributed by atoms with Crippen LogP contribution in [-0.2, 0) is 13.6 Å². The second kappa shape index (κ2) is 8.21. The molecule has 1 atom stereocenters. The fourth-order valence-electron chi connectivity index (χ4n) is 3.87. The Balaban J connectivity index is 1.77. The quantitative estimate of drug-likeness (QED) is 0.827. The molecule has 1 amide bonds. The summed E-state index contributed by atoms with van der Waals surface area (Å²) in [6.07, 6.45) is 0.924. The summed E-state index contributed by atoms with van der Waals surface area (Å²) in [5.41, 5.74) is 2.60. The molecule has 3 rings (SSSR count). The lowest BCUT2D eigenvalue weighted by Crippen LogP contribution is -2.45. The van der Waals surface area contributed by atoms with Crippen molar-refractivity contribution in [2.24, 2.45) is 13.0 Å². The van der Waals surface area contributed by atoms with Crippen molar-refractivity contribution in [2.45, 2.75) is 39.8 Å². The molecule has 1 aliphatic heterocycles. The topological polar surface area (TPSA) is 41.4 Å². The molecule has 0 radical (unpaired) electrons. The highest BCUT2D eigenvalue weighted by Gasteiger charge is 2.30. The zero-order valence-corrected chi connectivity index (χ0v) is 16.7. The van der Waals surface area contributed by atoms with Gasteiger partial charge >= 0.3 is 0 Å². The average molecular weight is 372 g/mol. The molecular formula is C21H29FN4O. The minimum Gasteiger partial charge on any atom is -0.336 e. The van der Waals surface area contributed by atoms with Gasteiger partial charge in [-0.3, -0.25) is 14.4 Å². The van der Waals surface area contributed by atoms with Gasteiger partial charge in [0, 0.05) is 39.3 Å². The van der Waals surface area contributed by atoms with E-state index in [1.807, 2.05) is 37.1 Å². The molecule has 146 valence electrons. The van der Waals surface area contributed by atoms with E-state index >= 15 is 0 Å². The molecule has 0 unspecified atom stereocenters. The predicted octanol–water partition coefficient (Wildman–Crippen LogP) is 3.24. The van der Waals surface area contributed by atoms with Gasteiger partial charge in [0.05, 0.1) is 5.69 Å². The minimum atomic E-state index is -0.210. The summed E-state index contributed by atoms with van der Waals surface area (Å²) < 4.78 is 14.9. The first kappa shape index (κ1) is 19.5. The third-order valence-corrected chi connectivity index (χ3v) is 5.33. The van der Waals surface area contributed by atoms with Crippen LogP contribution in [0.1, 0.15) is 42.0 Å². The summed E-state index contributed by atoms with van der Waals surface area (Å²) >= 11 is 0. The number of carbonyl (C=O) groups is 1. The highest BCUT2D eigenvalue weighted by molar-refractivity contribution is 5.92. The Kier molecular flexibility index (Phi) is 5.95. The number of hydrogen-bond donors (Lipinski definition) is 0. The van der Waals surface area contributed by atoms with Crippen molar-refractivity contribution < 1.29 is 9.18 Å². The van der Waals surface area contributed by atoms with Crippen LogP contribution in [0.3, 0.4) is 0 Å². The summed E-state index contributed by atoms with van der Waals surface area (Å²) in [5.74, 6) is 0.248. The molecule has 1 saturated heterocycles. The fraction of sp³-hybridized carbons (Fsp3) is 0.524. The van der Waals surface area contributed by atoms with Crippen LogP contribution < -0.4 is 0 Å². The van der Waals surface area contributed by atoms with Gasteiger partial charge in [-0.15, -0.1) is 0 Å². The Labute approximate surface area is 160 Å². The van der Waals surface area contributed by atoms with Gasteiger partial charge in [-0.05, 0) is 43.0 Å². The van der Waals surface area contributed by atoms with E-state index in [2.05, 4.69) is 23.8 Å². The zero-order valence-electron chi connectivity index (χ0n) is 16.7. The number of aromatic nitrogens is 2. The summed E-state index contributed by atoms with van der Waals surface area (Å²) in [5, 5.41) is 4.31. The lowest BCUT2D eigenvalue weighted by molar-refractivity contribution is 0.0691.